The fourth-order valence-corrected chi connectivity index (χ4v) is 5.16. The molecule has 9 nitrogen and oxygen atoms in total. The average molecular weight is 492 g/mol. The van der Waals surface area contributed by atoms with Gasteiger partial charge in [-0.15, -0.1) is 10.2 Å². The first kappa shape index (κ1) is 23.4. The summed E-state index contributed by atoms with van der Waals surface area (Å²) in [6.45, 7) is 4.31. The van der Waals surface area contributed by atoms with E-state index >= 15 is 0 Å². The number of ether oxygens (including phenoxy) is 2. The molecule has 1 saturated heterocycles. The van der Waals surface area contributed by atoms with Crippen LogP contribution in [0.1, 0.15) is 38.2 Å². The molecule has 0 spiro atoms. The highest BCUT2D eigenvalue weighted by atomic mass is 19.4. The lowest BCUT2D eigenvalue weighted by molar-refractivity contribution is -0.154. The standard InChI is InChI=1S/C23H28F3N7O2/c1-13(2)17-6-7-19(35-12-23(24,25)26)33-21(17)29-22(31-33)28-20-14-4-5-15(20)11-32(10-14)16-8-18(34-3)30-27-9-16/h6-9,13-15,20H,4-5,10-12H2,1-3H3,(H,28,31). The van der Waals surface area contributed by atoms with Crippen LogP contribution >= 0.6 is 0 Å². The quantitative estimate of drug-likeness (QED) is 0.532. The summed E-state index contributed by atoms with van der Waals surface area (Å²) in [6.07, 6.45) is -0.556. The Morgan fingerprint density at radius 2 is 1.91 bits per heavy atom. The Kier molecular flexibility index (Phi) is 6.06. The number of anilines is 2. The van der Waals surface area contributed by atoms with Crippen LogP contribution in [0.2, 0.25) is 0 Å². The summed E-state index contributed by atoms with van der Waals surface area (Å²) in [5, 5.41) is 16.0. The van der Waals surface area contributed by atoms with Gasteiger partial charge in [0.25, 0.3) is 0 Å². The number of hydrogen-bond acceptors (Lipinski definition) is 8. The van der Waals surface area contributed by atoms with Gasteiger partial charge in [-0.1, -0.05) is 13.8 Å². The molecule has 4 heterocycles. The Balaban J connectivity index is 1.37. The van der Waals surface area contributed by atoms with Crippen LogP contribution in [0.15, 0.2) is 24.4 Å². The van der Waals surface area contributed by atoms with E-state index < -0.39 is 12.8 Å². The first-order valence-electron chi connectivity index (χ1n) is 11.7. The van der Waals surface area contributed by atoms with Gasteiger partial charge in [-0.2, -0.15) is 27.8 Å². The molecule has 1 aliphatic heterocycles. The van der Waals surface area contributed by atoms with Crippen LogP contribution in [-0.2, 0) is 0 Å². The lowest BCUT2D eigenvalue weighted by Gasteiger charge is -2.39. The second-order valence-corrected chi connectivity index (χ2v) is 9.49. The van der Waals surface area contributed by atoms with E-state index in [4.69, 9.17) is 9.47 Å². The molecule has 1 N–H and O–H groups in total. The number of pyridine rings is 1. The van der Waals surface area contributed by atoms with Crippen molar-refractivity contribution < 1.29 is 22.6 Å². The van der Waals surface area contributed by atoms with Crippen molar-refractivity contribution in [2.45, 2.75) is 44.8 Å². The van der Waals surface area contributed by atoms with Gasteiger partial charge in [-0.3, -0.25) is 0 Å². The Morgan fingerprint density at radius 1 is 1.17 bits per heavy atom. The Hall–Kier alpha value is -3.31. The Morgan fingerprint density at radius 3 is 2.57 bits per heavy atom. The lowest BCUT2D eigenvalue weighted by Crippen LogP contribution is -2.48. The van der Waals surface area contributed by atoms with Crippen molar-refractivity contribution in [2.75, 3.05) is 37.0 Å². The number of alkyl halides is 3. The molecule has 1 aliphatic carbocycles. The van der Waals surface area contributed by atoms with Gasteiger partial charge in [0, 0.05) is 31.3 Å². The highest BCUT2D eigenvalue weighted by Gasteiger charge is 2.43. The van der Waals surface area contributed by atoms with Crippen LogP contribution in [0.25, 0.3) is 5.65 Å². The summed E-state index contributed by atoms with van der Waals surface area (Å²) < 4.78 is 49.9. The van der Waals surface area contributed by atoms with Crippen molar-refractivity contribution in [1.82, 2.24) is 24.8 Å². The third kappa shape index (κ3) is 4.78. The third-order valence-corrected chi connectivity index (χ3v) is 6.81. The number of aromatic nitrogens is 5. The van der Waals surface area contributed by atoms with Crippen LogP contribution in [-0.4, -0.2) is 63.8 Å². The fraction of sp³-hybridized carbons (Fsp3) is 0.565. The van der Waals surface area contributed by atoms with Gasteiger partial charge in [0.05, 0.1) is 19.0 Å². The topological polar surface area (TPSA) is 89.7 Å². The molecule has 1 saturated carbocycles. The molecule has 3 aromatic rings. The molecular formula is C23H28F3N7O2. The third-order valence-electron chi connectivity index (χ3n) is 6.81. The molecule has 2 bridgehead atoms. The van der Waals surface area contributed by atoms with E-state index in [-0.39, 0.29) is 17.8 Å². The van der Waals surface area contributed by atoms with Crippen molar-refractivity contribution in [3.63, 3.8) is 0 Å². The number of hydrogen-bond donors (Lipinski definition) is 1. The normalized spacial score (nSPS) is 22.1. The summed E-state index contributed by atoms with van der Waals surface area (Å²) in [5.74, 6) is 1.75. The van der Waals surface area contributed by atoms with Gasteiger partial charge in [0.1, 0.15) is 0 Å². The van der Waals surface area contributed by atoms with E-state index in [1.54, 1.807) is 19.4 Å². The fourth-order valence-electron chi connectivity index (χ4n) is 5.16. The second kappa shape index (κ2) is 9.04. The number of methoxy groups -OCH3 is 1. The predicted octanol–water partition coefficient (Wildman–Crippen LogP) is 3.92. The average Bonchev–Trinajstić information content (AvgIpc) is 3.33. The van der Waals surface area contributed by atoms with Gasteiger partial charge >= 0.3 is 6.18 Å². The van der Waals surface area contributed by atoms with Gasteiger partial charge in [-0.05, 0) is 42.2 Å². The minimum atomic E-state index is -4.44. The molecule has 3 aromatic heterocycles. The maximum Gasteiger partial charge on any atom is 0.422 e. The zero-order valence-electron chi connectivity index (χ0n) is 19.8. The summed E-state index contributed by atoms with van der Waals surface area (Å²) in [7, 11) is 1.57. The van der Waals surface area contributed by atoms with Gasteiger partial charge in [0.15, 0.2) is 12.3 Å². The highest BCUT2D eigenvalue weighted by Crippen LogP contribution is 2.40. The van der Waals surface area contributed by atoms with Gasteiger partial charge in [-0.25, -0.2) is 0 Å². The number of nitrogens with zero attached hydrogens (tertiary/aromatic N) is 6. The van der Waals surface area contributed by atoms with Crippen LogP contribution in [0.3, 0.4) is 0 Å². The molecule has 2 aliphatic rings. The van der Waals surface area contributed by atoms with Gasteiger partial charge < -0.3 is 19.7 Å². The summed E-state index contributed by atoms with van der Waals surface area (Å²) in [6, 6.07) is 5.33. The van der Waals surface area contributed by atoms with Crippen molar-refractivity contribution in [3.8, 4) is 11.8 Å². The smallest absolute Gasteiger partial charge is 0.422 e. The molecule has 0 aromatic carbocycles. The maximum absolute atomic E-state index is 12.8. The first-order valence-corrected chi connectivity index (χ1v) is 11.7. The van der Waals surface area contributed by atoms with Gasteiger partial charge in [0.2, 0.25) is 17.7 Å². The molecule has 2 atom stereocenters. The molecule has 0 amide bonds. The van der Waals surface area contributed by atoms with E-state index in [9.17, 15) is 13.2 Å². The summed E-state index contributed by atoms with van der Waals surface area (Å²) in [5.41, 5.74) is 2.37. The molecule has 35 heavy (non-hydrogen) atoms. The van der Waals surface area contributed by atoms with Crippen LogP contribution in [0.5, 0.6) is 11.8 Å². The minimum absolute atomic E-state index is 0.0131. The lowest BCUT2D eigenvalue weighted by atomic mass is 9.92. The number of rotatable bonds is 7. The molecule has 5 rings (SSSR count). The predicted molar refractivity (Wildman–Crippen MR) is 123 cm³/mol. The molecule has 12 heteroatoms. The van der Waals surface area contributed by atoms with E-state index in [1.165, 1.54) is 10.6 Å². The number of fused-ring (bicyclic) bond motifs is 3. The first-order chi connectivity index (χ1) is 16.7. The monoisotopic (exact) mass is 491 g/mol. The van der Waals surface area contributed by atoms with Crippen molar-refractivity contribution in [1.29, 1.82) is 0 Å². The summed E-state index contributed by atoms with van der Waals surface area (Å²) in [4.78, 5) is 6.96. The highest BCUT2D eigenvalue weighted by molar-refractivity contribution is 5.55. The second-order valence-electron chi connectivity index (χ2n) is 9.49. The Bertz CT molecular complexity index is 1190. The minimum Gasteiger partial charge on any atom is -0.480 e. The molecule has 188 valence electrons. The number of piperidine rings is 1. The van der Waals surface area contributed by atoms with E-state index in [2.05, 4.69) is 30.5 Å². The Labute approximate surface area is 200 Å². The van der Waals surface area contributed by atoms with Crippen molar-refractivity contribution >= 4 is 17.3 Å². The SMILES string of the molecule is COc1cc(N2CC3CCC(C2)C3Nc2nc3c(C(C)C)ccc(OCC(F)(F)F)n3n2)cnn1. The van der Waals surface area contributed by atoms with E-state index in [0.29, 0.717) is 29.3 Å². The zero-order valence-corrected chi connectivity index (χ0v) is 19.8. The van der Waals surface area contributed by atoms with Crippen LogP contribution in [0, 0.1) is 11.8 Å². The molecule has 0 radical (unpaired) electrons. The van der Waals surface area contributed by atoms with Crippen LogP contribution < -0.4 is 19.7 Å². The molecule has 2 fully saturated rings. The zero-order chi connectivity index (χ0) is 24.7. The van der Waals surface area contributed by atoms with Crippen molar-refractivity contribution in [3.05, 3.63) is 30.0 Å². The number of halogens is 3. The van der Waals surface area contributed by atoms with E-state index in [0.717, 1.165) is 37.2 Å². The van der Waals surface area contributed by atoms with Crippen LogP contribution in [0.4, 0.5) is 24.8 Å². The molecule has 2 unspecified atom stereocenters. The van der Waals surface area contributed by atoms with E-state index in [1.807, 2.05) is 19.9 Å². The maximum atomic E-state index is 12.8. The largest absolute Gasteiger partial charge is 0.480 e. The number of nitrogens with one attached hydrogen (secondary N) is 1. The summed E-state index contributed by atoms with van der Waals surface area (Å²) >= 11 is 0. The molecular weight excluding hydrogens is 463 g/mol. The van der Waals surface area contributed by atoms with Crippen molar-refractivity contribution in [2.24, 2.45) is 11.8 Å².